The summed E-state index contributed by atoms with van der Waals surface area (Å²) in [4.78, 5) is 32.0. The third-order valence-corrected chi connectivity index (χ3v) is 6.12. The molecule has 0 fully saturated rings. The molecule has 0 unspecified atom stereocenters. The number of aromatic nitrogens is 1. The van der Waals surface area contributed by atoms with Gasteiger partial charge in [-0.3, -0.25) is 14.5 Å². The molecule has 0 spiro atoms. The van der Waals surface area contributed by atoms with Gasteiger partial charge >= 0.3 is 0 Å². The topological polar surface area (TPSA) is 100 Å². The summed E-state index contributed by atoms with van der Waals surface area (Å²) >= 11 is 1.38. The molecule has 1 aliphatic heterocycles. The van der Waals surface area contributed by atoms with E-state index in [1.54, 1.807) is 24.3 Å². The summed E-state index contributed by atoms with van der Waals surface area (Å²) in [6.07, 6.45) is 0. The maximum atomic E-state index is 12.7. The van der Waals surface area contributed by atoms with Crippen LogP contribution >= 0.6 is 23.7 Å². The van der Waals surface area contributed by atoms with Crippen molar-refractivity contribution in [3.8, 4) is 17.3 Å². The average molecular weight is 447 g/mol. The lowest BCUT2D eigenvalue weighted by Gasteiger charge is -2.14. The number of nitrogen functional groups attached to an aromatic ring is 1. The highest BCUT2D eigenvalue weighted by Gasteiger charge is 2.35. The molecule has 0 radical (unpaired) electrons. The number of thiophene rings is 1. The predicted molar refractivity (Wildman–Crippen MR) is 122 cm³/mol. The molecular formula is C23H15ClN4O2S. The van der Waals surface area contributed by atoms with Crippen molar-refractivity contribution in [1.29, 1.82) is 5.26 Å². The van der Waals surface area contributed by atoms with Crippen LogP contribution in [0.5, 0.6) is 0 Å². The first-order chi connectivity index (χ1) is 14.6. The Labute approximate surface area is 188 Å². The van der Waals surface area contributed by atoms with Crippen molar-refractivity contribution < 1.29 is 9.59 Å². The second-order valence-corrected chi connectivity index (χ2v) is 7.77. The van der Waals surface area contributed by atoms with Gasteiger partial charge in [0.05, 0.1) is 29.1 Å². The second kappa shape index (κ2) is 7.84. The van der Waals surface area contributed by atoms with E-state index in [4.69, 9.17) is 5.73 Å². The molecule has 4 aromatic rings. The van der Waals surface area contributed by atoms with Gasteiger partial charge in [0, 0.05) is 10.9 Å². The van der Waals surface area contributed by atoms with Gasteiger partial charge in [0.1, 0.15) is 16.5 Å². The monoisotopic (exact) mass is 446 g/mol. The van der Waals surface area contributed by atoms with Gasteiger partial charge in [-0.25, -0.2) is 4.98 Å². The number of anilines is 1. The Hall–Kier alpha value is -3.73. The number of benzene rings is 2. The summed E-state index contributed by atoms with van der Waals surface area (Å²) < 4.78 is 0. The van der Waals surface area contributed by atoms with Crippen molar-refractivity contribution in [2.75, 3.05) is 5.73 Å². The highest BCUT2D eigenvalue weighted by Crippen LogP contribution is 2.37. The van der Waals surface area contributed by atoms with Crippen LogP contribution in [0.4, 0.5) is 5.69 Å². The Morgan fingerprint density at radius 2 is 1.61 bits per heavy atom. The zero-order valence-corrected chi connectivity index (χ0v) is 17.7. The van der Waals surface area contributed by atoms with Gasteiger partial charge in [0.25, 0.3) is 11.8 Å². The fourth-order valence-corrected chi connectivity index (χ4v) is 4.70. The first-order valence-corrected chi connectivity index (χ1v) is 10.1. The van der Waals surface area contributed by atoms with Crippen LogP contribution in [-0.2, 0) is 6.54 Å². The first-order valence-electron chi connectivity index (χ1n) is 9.20. The number of amides is 2. The predicted octanol–water partition coefficient (Wildman–Crippen LogP) is 4.64. The number of halogens is 1. The maximum Gasteiger partial charge on any atom is 0.261 e. The minimum absolute atomic E-state index is 0. The Morgan fingerprint density at radius 1 is 1.00 bits per heavy atom. The first kappa shape index (κ1) is 20.5. The number of carbonyl (C=O) groups is 2. The third-order valence-electron chi connectivity index (χ3n) is 5.20. The average Bonchev–Trinajstić information content (AvgIpc) is 3.29. The number of nitriles is 1. The molecule has 2 N–H and O–H groups in total. The fourth-order valence-electron chi connectivity index (χ4n) is 3.75. The summed E-state index contributed by atoms with van der Waals surface area (Å²) in [5.74, 6) is -0.661. The van der Waals surface area contributed by atoms with E-state index in [2.05, 4.69) is 11.1 Å². The smallest absolute Gasteiger partial charge is 0.261 e. The van der Waals surface area contributed by atoms with Crippen molar-refractivity contribution in [3.63, 3.8) is 0 Å². The fraction of sp³-hybridized carbons (Fsp3) is 0.0435. The van der Waals surface area contributed by atoms with Crippen molar-refractivity contribution in [2.45, 2.75) is 6.54 Å². The number of rotatable bonds is 3. The summed E-state index contributed by atoms with van der Waals surface area (Å²) in [6, 6.07) is 18.3. The van der Waals surface area contributed by atoms with Gasteiger partial charge in [-0.05, 0) is 23.1 Å². The lowest BCUT2D eigenvalue weighted by molar-refractivity contribution is 0.0643. The minimum Gasteiger partial charge on any atom is -0.397 e. The van der Waals surface area contributed by atoms with Gasteiger partial charge in [-0.15, -0.1) is 23.7 Å². The molecule has 5 rings (SSSR count). The Bertz CT molecular complexity index is 1360. The molecule has 152 valence electrons. The molecule has 8 heteroatoms. The number of nitrogens with two attached hydrogens (primary N) is 1. The number of hydrogen-bond donors (Lipinski definition) is 1. The maximum absolute atomic E-state index is 12.7. The molecule has 2 amide bonds. The van der Waals surface area contributed by atoms with Crippen molar-refractivity contribution >= 4 is 51.5 Å². The van der Waals surface area contributed by atoms with Gasteiger partial charge < -0.3 is 5.73 Å². The molecule has 0 saturated carbocycles. The SMILES string of the molecule is Cl.N#Cc1c(-c2ccccc2)nc2scc(CN3C(=O)c4ccccc4C3=O)c2c1N. The van der Waals surface area contributed by atoms with Gasteiger partial charge in [-0.2, -0.15) is 5.26 Å². The molecule has 0 saturated heterocycles. The third kappa shape index (κ3) is 3.13. The summed E-state index contributed by atoms with van der Waals surface area (Å²) in [6.45, 7) is 0.0772. The lowest BCUT2D eigenvalue weighted by Crippen LogP contribution is -2.29. The summed E-state index contributed by atoms with van der Waals surface area (Å²) in [5, 5.41) is 12.2. The van der Waals surface area contributed by atoms with Crippen LogP contribution in [0.1, 0.15) is 31.8 Å². The molecule has 2 aromatic heterocycles. The van der Waals surface area contributed by atoms with Crippen LogP contribution in [0.2, 0.25) is 0 Å². The quantitative estimate of drug-likeness (QED) is 0.462. The minimum atomic E-state index is -0.331. The highest BCUT2D eigenvalue weighted by atomic mass is 35.5. The van der Waals surface area contributed by atoms with Gasteiger partial charge in [0.15, 0.2) is 0 Å². The van der Waals surface area contributed by atoms with Crippen LogP contribution < -0.4 is 5.73 Å². The number of carbonyl (C=O) groups excluding carboxylic acids is 2. The van der Waals surface area contributed by atoms with E-state index in [1.807, 2.05) is 35.7 Å². The molecule has 1 aliphatic rings. The highest BCUT2D eigenvalue weighted by molar-refractivity contribution is 7.17. The van der Waals surface area contributed by atoms with E-state index in [0.29, 0.717) is 38.3 Å². The van der Waals surface area contributed by atoms with Crippen molar-refractivity contribution in [2.24, 2.45) is 0 Å². The standard InChI is InChI=1S/C23H14N4O2S.ClH/c24-10-17-19(25)18-14(11-27-22(28)15-8-4-5-9-16(15)23(27)29)12-30-21(18)26-20(17)13-6-2-1-3-7-13;/h1-9,12H,11H2,(H2,25,26);1H. The van der Waals surface area contributed by atoms with E-state index < -0.39 is 0 Å². The molecule has 3 heterocycles. The van der Waals surface area contributed by atoms with Gasteiger partial charge in [0.2, 0.25) is 0 Å². The zero-order chi connectivity index (χ0) is 20.8. The van der Waals surface area contributed by atoms with Crippen LogP contribution in [0.3, 0.4) is 0 Å². The lowest BCUT2D eigenvalue weighted by atomic mass is 10.0. The number of hydrogen-bond acceptors (Lipinski definition) is 6. The number of imide groups is 1. The number of fused-ring (bicyclic) bond motifs is 2. The Kier molecular flexibility index (Phi) is 5.19. The Morgan fingerprint density at radius 3 is 2.23 bits per heavy atom. The second-order valence-electron chi connectivity index (χ2n) is 6.91. The van der Waals surface area contributed by atoms with Crippen LogP contribution in [0.15, 0.2) is 60.0 Å². The van der Waals surface area contributed by atoms with E-state index in [1.165, 1.54) is 16.2 Å². The summed E-state index contributed by atoms with van der Waals surface area (Å²) in [5.41, 5.74) is 9.83. The van der Waals surface area contributed by atoms with E-state index in [9.17, 15) is 14.9 Å². The molecule has 2 aromatic carbocycles. The van der Waals surface area contributed by atoms with Crippen LogP contribution in [0.25, 0.3) is 21.5 Å². The molecule has 0 aliphatic carbocycles. The summed E-state index contributed by atoms with van der Waals surface area (Å²) in [7, 11) is 0. The largest absolute Gasteiger partial charge is 0.397 e. The molecule has 0 bridgehead atoms. The van der Waals surface area contributed by atoms with Crippen molar-refractivity contribution in [3.05, 3.63) is 82.2 Å². The van der Waals surface area contributed by atoms with Gasteiger partial charge in [-0.1, -0.05) is 42.5 Å². The van der Waals surface area contributed by atoms with E-state index in [-0.39, 0.29) is 36.3 Å². The number of nitrogens with zero attached hydrogens (tertiary/aromatic N) is 3. The van der Waals surface area contributed by atoms with Crippen LogP contribution in [0, 0.1) is 11.3 Å². The number of pyridine rings is 1. The molecular weight excluding hydrogens is 432 g/mol. The molecule has 6 nitrogen and oxygen atoms in total. The molecule has 0 atom stereocenters. The van der Waals surface area contributed by atoms with E-state index >= 15 is 0 Å². The van der Waals surface area contributed by atoms with Crippen LogP contribution in [-0.4, -0.2) is 21.7 Å². The van der Waals surface area contributed by atoms with E-state index in [0.717, 1.165) is 5.56 Å². The normalized spacial score (nSPS) is 12.5. The zero-order valence-electron chi connectivity index (χ0n) is 16.0. The van der Waals surface area contributed by atoms with Crippen molar-refractivity contribution in [1.82, 2.24) is 9.88 Å². The molecule has 31 heavy (non-hydrogen) atoms. The Balaban J connectivity index is 0.00000231.